The Labute approximate surface area is 92.6 Å². The second kappa shape index (κ2) is 6.43. The number of nitrogens with one attached hydrogen (secondary N) is 1. The van der Waals surface area contributed by atoms with Crippen molar-refractivity contribution < 1.29 is 9.84 Å². The van der Waals surface area contributed by atoms with Crippen molar-refractivity contribution in [1.29, 1.82) is 0 Å². The zero-order valence-corrected chi connectivity index (χ0v) is 10.1. The van der Waals surface area contributed by atoms with Crippen LogP contribution < -0.4 is 5.32 Å². The number of β-amino-alcohol motifs (C(OH)–C–C–N with tert-alkyl or cyclic N) is 1. The van der Waals surface area contributed by atoms with Gasteiger partial charge < -0.3 is 20.1 Å². The van der Waals surface area contributed by atoms with E-state index in [4.69, 9.17) is 4.74 Å². The van der Waals surface area contributed by atoms with E-state index in [1.807, 2.05) is 7.05 Å². The van der Waals surface area contributed by atoms with Crippen LogP contribution in [0.4, 0.5) is 0 Å². The lowest BCUT2D eigenvalue weighted by molar-refractivity contribution is 0.0244. The molecule has 3 unspecified atom stereocenters. The zero-order chi connectivity index (χ0) is 11.3. The summed E-state index contributed by atoms with van der Waals surface area (Å²) in [6.07, 6.45) is 0.811. The molecular formula is C11H24N2O2. The molecular weight excluding hydrogens is 192 g/mol. The summed E-state index contributed by atoms with van der Waals surface area (Å²) in [5, 5.41) is 13.0. The largest absolute Gasteiger partial charge is 0.389 e. The number of aliphatic hydroxyl groups is 1. The highest BCUT2D eigenvalue weighted by Gasteiger charge is 2.25. The van der Waals surface area contributed by atoms with Crippen molar-refractivity contribution >= 4 is 0 Å². The molecule has 4 nitrogen and oxygen atoms in total. The smallest absolute Gasteiger partial charge is 0.0900 e. The van der Waals surface area contributed by atoms with Gasteiger partial charge in [-0.05, 0) is 25.9 Å². The molecule has 1 saturated heterocycles. The van der Waals surface area contributed by atoms with Gasteiger partial charge in [0.05, 0.1) is 12.7 Å². The highest BCUT2D eigenvalue weighted by Crippen LogP contribution is 2.16. The van der Waals surface area contributed by atoms with E-state index in [1.54, 1.807) is 7.11 Å². The van der Waals surface area contributed by atoms with Gasteiger partial charge in [-0.25, -0.2) is 0 Å². The number of ether oxygens (including phenoxy) is 1. The van der Waals surface area contributed by atoms with Crippen LogP contribution >= 0.6 is 0 Å². The van der Waals surface area contributed by atoms with Crippen molar-refractivity contribution in [1.82, 2.24) is 10.2 Å². The van der Waals surface area contributed by atoms with Crippen molar-refractivity contribution in [2.24, 2.45) is 5.92 Å². The van der Waals surface area contributed by atoms with Crippen LogP contribution in [-0.4, -0.2) is 62.6 Å². The second-order valence-corrected chi connectivity index (χ2v) is 4.53. The van der Waals surface area contributed by atoms with E-state index in [0.717, 1.165) is 26.1 Å². The molecule has 0 amide bonds. The van der Waals surface area contributed by atoms with Crippen molar-refractivity contribution in [2.45, 2.75) is 25.5 Å². The minimum Gasteiger partial charge on any atom is -0.389 e. The Morgan fingerprint density at radius 2 is 2.33 bits per heavy atom. The molecule has 0 aromatic rings. The molecule has 2 N–H and O–H groups in total. The Kier molecular flexibility index (Phi) is 5.53. The Hall–Kier alpha value is -0.160. The van der Waals surface area contributed by atoms with E-state index in [2.05, 4.69) is 17.1 Å². The molecule has 4 heteroatoms. The summed E-state index contributed by atoms with van der Waals surface area (Å²) in [6, 6.07) is 0.626. The molecule has 0 aromatic heterocycles. The monoisotopic (exact) mass is 216 g/mol. The van der Waals surface area contributed by atoms with E-state index < -0.39 is 0 Å². The van der Waals surface area contributed by atoms with Crippen LogP contribution in [-0.2, 0) is 4.74 Å². The van der Waals surface area contributed by atoms with Crippen LogP contribution in [0.15, 0.2) is 0 Å². The normalized spacial score (nSPS) is 30.4. The number of hydrogen-bond acceptors (Lipinski definition) is 4. The maximum Gasteiger partial charge on any atom is 0.0900 e. The van der Waals surface area contributed by atoms with Gasteiger partial charge in [-0.3, -0.25) is 0 Å². The van der Waals surface area contributed by atoms with Gasteiger partial charge in [0.25, 0.3) is 0 Å². The van der Waals surface area contributed by atoms with Crippen molar-refractivity contribution in [3.05, 3.63) is 0 Å². The van der Waals surface area contributed by atoms with Gasteiger partial charge in [0.15, 0.2) is 0 Å². The Bertz CT molecular complexity index is 176. The van der Waals surface area contributed by atoms with E-state index in [1.165, 1.54) is 0 Å². The number of hydrogen-bond donors (Lipinski definition) is 2. The molecule has 1 aliphatic heterocycles. The topological polar surface area (TPSA) is 44.7 Å². The third kappa shape index (κ3) is 4.07. The Balaban J connectivity index is 2.28. The van der Waals surface area contributed by atoms with Crippen LogP contribution in [0.2, 0.25) is 0 Å². The fraction of sp³-hybridized carbons (Fsp3) is 1.00. The molecule has 0 radical (unpaired) electrons. The van der Waals surface area contributed by atoms with Crippen LogP contribution in [0.25, 0.3) is 0 Å². The number of aliphatic hydroxyl groups excluding tert-OH is 1. The summed E-state index contributed by atoms with van der Waals surface area (Å²) in [6.45, 7) is 5.55. The summed E-state index contributed by atoms with van der Waals surface area (Å²) in [5.74, 6) is 0.651. The molecule has 3 atom stereocenters. The van der Waals surface area contributed by atoms with Crippen molar-refractivity contribution in [3.8, 4) is 0 Å². The van der Waals surface area contributed by atoms with Gasteiger partial charge in [0, 0.05) is 26.2 Å². The van der Waals surface area contributed by atoms with Gasteiger partial charge in [-0.15, -0.1) is 0 Å². The predicted molar refractivity (Wildman–Crippen MR) is 61.0 cm³/mol. The summed E-state index contributed by atoms with van der Waals surface area (Å²) in [7, 11) is 3.65. The van der Waals surface area contributed by atoms with Gasteiger partial charge in [0.1, 0.15) is 0 Å². The lowest BCUT2D eigenvalue weighted by atomic mass is 9.94. The standard InChI is InChI=1S/C11H24N2O2/c1-9-6-13(5-4-11(9)12-2)7-10(14)8-15-3/h9-12,14H,4-8H2,1-3H3. The molecule has 1 rings (SSSR count). The number of methoxy groups -OCH3 is 1. The highest BCUT2D eigenvalue weighted by atomic mass is 16.5. The summed E-state index contributed by atoms with van der Waals surface area (Å²) in [5.41, 5.74) is 0. The van der Waals surface area contributed by atoms with Gasteiger partial charge in [-0.2, -0.15) is 0 Å². The summed E-state index contributed by atoms with van der Waals surface area (Å²) < 4.78 is 4.93. The molecule has 90 valence electrons. The second-order valence-electron chi connectivity index (χ2n) is 4.53. The first-order chi connectivity index (χ1) is 7.17. The van der Waals surface area contributed by atoms with Gasteiger partial charge in [-0.1, -0.05) is 6.92 Å². The third-order valence-electron chi connectivity index (χ3n) is 3.19. The highest BCUT2D eigenvalue weighted by molar-refractivity contribution is 4.82. The lowest BCUT2D eigenvalue weighted by Crippen LogP contribution is -2.49. The first-order valence-corrected chi connectivity index (χ1v) is 5.74. The first-order valence-electron chi connectivity index (χ1n) is 5.74. The van der Waals surface area contributed by atoms with Crippen molar-refractivity contribution in [2.75, 3.05) is 40.4 Å². The van der Waals surface area contributed by atoms with Crippen LogP contribution in [0.1, 0.15) is 13.3 Å². The number of likely N-dealkylation sites (tertiary alicyclic amines) is 1. The predicted octanol–water partition coefficient (Wildman–Crippen LogP) is -0.0765. The molecule has 0 bridgehead atoms. The maximum absolute atomic E-state index is 9.63. The summed E-state index contributed by atoms with van der Waals surface area (Å²) in [4.78, 5) is 2.32. The van der Waals surface area contributed by atoms with Gasteiger partial charge >= 0.3 is 0 Å². The minimum atomic E-state index is -0.353. The van der Waals surface area contributed by atoms with E-state index in [9.17, 15) is 5.11 Å². The number of piperidine rings is 1. The average Bonchev–Trinajstić information content (AvgIpc) is 2.18. The van der Waals surface area contributed by atoms with Gasteiger partial charge in [0.2, 0.25) is 0 Å². The molecule has 0 aromatic carbocycles. The SMILES string of the molecule is CNC1CCN(CC(O)COC)CC1C. The Morgan fingerprint density at radius 3 is 2.87 bits per heavy atom. The van der Waals surface area contributed by atoms with E-state index in [0.29, 0.717) is 18.6 Å². The van der Waals surface area contributed by atoms with E-state index >= 15 is 0 Å². The van der Waals surface area contributed by atoms with E-state index in [-0.39, 0.29) is 6.10 Å². The fourth-order valence-corrected chi connectivity index (χ4v) is 2.37. The molecule has 1 aliphatic rings. The maximum atomic E-state index is 9.63. The quantitative estimate of drug-likeness (QED) is 0.675. The fourth-order valence-electron chi connectivity index (χ4n) is 2.37. The zero-order valence-electron chi connectivity index (χ0n) is 10.1. The third-order valence-corrected chi connectivity index (χ3v) is 3.19. The van der Waals surface area contributed by atoms with Crippen LogP contribution in [0, 0.1) is 5.92 Å². The van der Waals surface area contributed by atoms with Crippen LogP contribution in [0.3, 0.4) is 0 Å². The lowest BCUT2D eigenvalue weighted by Gasteiger charge is -2.37. The number of rotatable bonds is 5. The first kappa shape index (κ1) is 12.9. The molecule has 0 spiro atoms. The van der Waals surface area contributed by atoms with Crippen LogP contribution in [0.5, 0.6) is 0 Å². The molecule has 0 saturated carbocycles. The summed E-state index contributed by atoms with van der Waals surface area (Å²) >= 11 is 0. The molecule has 1 fully saturated rings. The minimum absolute atomic E-state index is 0.353. The van der Waals surface area contributed by atoms with Crippen molar-refractivity contribution in [3.63, 3.8) is 0 Å². The molecule has 15 heavy (non-hydrogen) atoms. The number of nitrogens with zero attached hydrogens (tertiary/aromatic N) is 1. The Morgan fingerprint density at radius 1 is 1.60 bits per heavy atom. The average molecular weight is 216 g/mol. The molecule has 1 heterocycles. The molecule has 0 aliphatic carbocycles.